The molecule has 2 aliphatic carbocycles. The zero-order valence-electron chi connectivity index (χ0n) is 33.6. The molecule has 0 N–H and O–H groups in total. The molecular weight excluding hydrogens is 743 g/mol. The van der Waals surface area contributed by atoms with Gasteiger partial charge in [0.25, 0.3) is 0 Å². The molecule has 2 aliphatic rings. The second-order valence-corrected chi connectivity index (χ2v) is 17.9. The van der Waals surface area contributed by atoms with E-state index >= 15 is 0 Å². The van der Waals surface area contributed by atoms with Crippen LogP contribution in [0.4, 0.5) is 17.1 Å². The quantitative estimate of drug-likeness (QED) is 0.162. The van der Waals surface area contributed by atoms with Gasteiger partial charge in [-0.05, 0) is 115 Å². The minimum atomic E-state index is -0.453. The molecule has 0 bridgehead atoms. The summed E-state index contributed by atoms with van der Waals surface area (Å²) in [7, 11) is 0. The van der Waals surface area contributed by atoms with Gasteiger partial charge in [0.1, 0.15) is 0 Å². The van der Waals surface area contributed by atoms with Gasteiger partial charge in [-0.2, -0.15) is 0 Å². The highest BCUT2D eigenvalue weighted by Gasteiger charge is 2.46. The third-order valence-corrected chi connectivity index (χ3v) is 14.5. The van der Waals surface area contributed by atoms with Crippen molar-refractivity contribution in [2.45, 2.75) is 24.7 Å². The molecular formula is C58H41NS. The molecule has 0 unspecified atom stereocenters. The van der Waals surface area contributed by atoms with Crippen molar-refractivity contribution < 1.29 is 0 Å². The van der Waals surface area contributed by atoms with Crippen molar-refractivity contribution in [3.63, 3.8) is 0 Å². The molecule has 12 rings (SSSR count). The van der Waals surface area contributed by atoms with Crippen LogP contribution in [0.2, 0.25) is 0 Å². The lowest BCUT2D eigenvalue weighted by atomic mass is 9.68. The van der Waals surface area contributed by atoms with E-state index < -0.39 is 5.41 Å². The van der Waals surface area contributed by atoms with E-state index in [9.17, 15) is 0 Å². The average molecular weight is 784 g/mol. The van der Waals surface area contributed by atoms with Crippen LogP contribution in [0.3, 0.4) is 0 Å². The van der Waals surface area contributed by atoms with E-state index in [1.165, 1.54) is 86.9 Å². The molecule has 1 nitrogen and oxygen atoms in total. The largest absolute Gasteiger partial charge is 0.310 e. The lowest BCUT2D eigenvalue weighted by Gasteiger charge is -2.34. The number of fused-ring (bicyclic) bond motifs is 10. The summed E-state index contributed by atoms with van der Waals surface area (Å²) in [4.78, 5) is 2.45. The van der Waals surface area contributed by atoms with Gasteiger partial charge in [0.05, 0.1) is 5.41 Å². The van der Waals surface area contributed by atoms with Crippen molar-refractivity contribution in [3.05, 3.63) is 246 Å². The van der Waals surface area contributed by atoms with E-state index in [0.717, 1.165) is 17.1 Å². The van der Waals surface area contributed by atoms with Crippen LogP contribution >= 0.6 is 11.3 Å². The molecule has 1 aromatic heterocycles. The predicted octanol–water partition coefficient (Wildman–Crippen LogP) is 15.9. The van der Waals surface area contributed by atoms with Gasteiger partial charge in [-0.3, -0.25) is 0 Å². The summed E-state index contributed by atoms with van der Waals surface area (Å²) in [6.07, 6.45) is 0. The van der Waals surface area contributed by atoms with Crippen LogP contribution in [0.5, 0.6) is 0 Å². The highest BCUT2D eigenvalue weighted by atomic mass is 32.1. The minimum Gasteiger partial charge on any atom is -0.310 e. The molecule has 9 aromatic carbocycles. The van der Waals surface area contributed by atoms with E-state index in [2.05, 4.69) is 231 Å². The molecule has 0 atom stereocenters. The fourth-order valence-corrected chi connectivity index (χ4v) is 11.9. The standard InChI is InChI=1S/C58H41NS/c1-57(2)50-34-32-44(37-49(50)47-33-35-54-55(56(47)57)48-24-11-14-27-53(48)60-54)59(43-21-15-18-39(36-43)38-16-5-3-6-17-38)42-30-28-41(29-31-42)58(40-19-7-4-8-20-40)51-25-12-9-22-45(51)46-23-10-13-26-52(46)58/h3-37H,1-2H3. The third kappa shape index (κ3) is 4.98. The van der Waals surface area contributed by atoms with Crippen LogP contribution in [-0.4, -0.2) is 0 Å². The summed E-state index contributed by atoms with van der Waals surface area (Å²) in [5.74, 6) is 0. The molecule has 0 spiro atoms. The smallest absolute Gasteiger partial charge is 0.0713 e. The van der Waals surface area contributed by atoms with Crippen molar-refractivity contribution in [1.29, 1.82) is 0 Å². The Morgan fingerprint density at radius 2 is 0.983 bits per heavy atom. The van der Waals surface area contributed by atoms with Gasteiger partial charge in [0.15, 0.2) is 0 Å². The summed E-state index contributed by atoms with van der Waals surface area (Å²) < 4.78 is 2.70. The molecule has 0 saturated heterocycles. The normalized spacial score (nSPS) is 14.1. The zero-order chi connectivity index (χ0) is 40.0. The van der Waals surface area contributed by atoms with E-state index in [1.807, 2.05) is 11.3 Å². The van der Waals surface area contributed by atoms with E-state index in [4.69, 9.17) is 0 Å². The van der Waals surface area contributed by atoms with Gasteiger partial charge in [0.2, 0.25) is 0 Å². The van der Waals surface area contributed by atoms with Gasteiger partial charge in [0, 0.05) is 42.6 Å². The van der Waals surface area contributed by atoms with Gasteiger partial charge in [-0.25, -0.2) is 0 Å². The highest BCUT2D eigenvalue weighted by Crippen LogP contribution is 2.57. The summed E-state index contributed by atoms with van der Waals surface area (Å²) in [6.45, 7) is 4.82. The third-order valence-electron chi connectivity index (χ3n) is 13.3. The van der Waals surface area contributed by atoms with E-state index in [0.29, 0.717) is 0 Å². The van der Waals surface area contributed by atoms with Crippen LogP contribution in [0.25, 0.3) is 53.6 Å². The summed E-state index contributed by atoms with van der Waals surface area (Å²) in [5.41, 5.74) is 18.4. The van der Waals surface area contributed by atoms with Crippen molar-refractivity contribution in [3.8, 4) is 33.4 Å². The van der Waals surface area contributed by atoms with Crippen molar-refractivity contribution in [2.24, 2.45) is 0 Å². The number of anilines is 3. The lowest BCUT2D eigenvalue weighted by Crippen LogP contribution is -2.28. The molecule has 284 valence electrons. The van der Waals surface area contributed by atoms with Crippen LogP contribution in [-0.2, 0) is 10.8 Å². The SMILES string of the molecule is CC1(C)c2ccc(N(c3ccc(C4(c5ccccc5)c5ccccc5-c5ccccc54)cc3)c3cccc(-c4ccccc4)c3)cc2-c2ccc3sc4ccccc4c3c21. The van der Waals surface area contributed by atoms with E-state index in [-0.39, 0.29) is 5.41 Å². The van der Waals surface area contributed by atoms with E-state index in [1.54, 1.807) is 0 Å². The monoisotopic (exact) mass is 783 g/mol. The van der Waals surface area contributed by atoms with Crippen LogP contribution in [0.1, 0.15) is 47.2 Å². The Morgan fingerprint density at radius 3 is 1.73 bits per heavy atom. The average Bonchev–Trinajstić information content (AvgIpc) is 3.91. The highest BCUT2D eigenvalue weighted by molar-refractivity contribution is 7.25. The van der Waals surface area contributed by atoms with Gasteiger partial charge >= 0.3 is 0 Å². The number of benzene rings is 9. The predicted molar refractivity (Wildman–Crippen MR) is 254 cm³/mol. The molecule has 0 radical (unpaired) electrons. The molecule has 2 heteroatoms. The summed E-state index contributed by atoms with van der Waals surface area (Å²) in [5, 5.41) is 2.76. The number of rotatable bonds is 6. The fourth-order valence-electron chi connectivity index (χ4n) is 10.7. The number of nitrogens with zero attached hydrogens (tertiary/aromatic N) is 1. The first-order valence-electron chi connectivity index (χ1n) is 20.9. The topological polar surface area (TPSA) is 3.24 Å². The number of hydrogen-bond acceptors (Lipinski definition) is 2. The molecule has 10 aromatic rings. The zero-order valence-corrected chi connectivity index (χ0v) is 34.4. The van der Waals surface area contributed by atoms with Crippen molar-refractivity contribution in [2.75, 3.05) is 4.90 Å². The Bertz CT molecular complexity index is 3240. The fraction of sp³-hybridized carbons (Fsp3) is 0.0690. The Hall–Kier alpha value is -7.00. The molecule has 60 heavy (non-hydrogen) atoms. The maximum atomic E-state index is 2.45. The first-order valence-corrected chi connectivity index (χ1v) is 21.7. The molecule has 0 amide bonds. The van der Waals surface area contributed by atoms with Crippen LogP contribution < -0.4 is 4.90 Å². The summed E-state index contributed by atoms with van der Waals surface area (Å²) >= 11 is 1.90. The number of hydrogen-bond donors (Lipinski definition) is 0. The molecule has 0 saturated carbocycles. The maximum Gasteiger partial charge on any atom is 0.0713 e. The first-order chi connectivity index (χ1) is 29.5. The van der Waals surface area contributed by atoms with Crippen LogP contribution in [0, 0.1) is 0 Å². The van der Waals surface area contributed by atoms with Crippen molar-refractivity contribution >= 4 is 48.6 Å². The molecule has 0 aliphatic heterocycles. The Kier molecular flexibility index (Phi) is 7.73. The van der Waals surface area contributed by atoms with Gasteiger partial charge in [-0.1, -0.05) is 178 Å². The molecule has 0 fully saturated rings. The van der Waals surface area contributed by atoms with Gasteiger partial charge in [-0.15, -0.1) is 11.3 Å². The minimum absolute atomic E-state index is 0.147. The second-order valence-electron chi connectivity index (χ2n) is 16.8. The second kappa shape index (κ2) is 13.3. The Labute approximate surface area is 355 Å². The Morgan fingerprint density at radius 1 is 0.383 bits per heavy atom. The maximum absolute atomic E-state index is 2.45. The van der Waals surface area contributed by atoms with Crippen LogP contribution in [0.15, 0.2) is 212 Å². The van der Waals surface area contributed by atoms with Gasteiger partial charge < -0.3 is 4.90 Å². The van der Waals surface area contributed by atoms with Crippen molar-refractivity contribution in [1.82, 2.24) is 0 Å². The number of thiophene rings is 1. The first kappa shape index (κ1) is 35.0. The lowest BCUT2D eigenvalue weighted by molar-refractivity contribution is 0.667. The Balaban J connectivity index is 1.06. The molecule has 1 heterocycles. The summed E-state index contributed by atoms with van der Waals surface area (Å²) in [6, 6.07) is 79.0.